The van der Waals surface area contributed by atoms with Gasteiger partial charge in [-0.1, -0.05) is 6.58 Å². The molecule has 1 saturated carbocycles. The van der Waals surface area contributed by atoms with Crippen LogP contribution in [0, 0.1) is 17.8 Å². The maximum atomic E-state index is 5.93. The van der Waals surface area contributed by atoms with Gasteiger partial charge in [0.1, 0.15) is 0 Å². The maximum Gasteiger partial charge on any atom is 0.0901 e. The van der Waals surface area contributed by atoms with Gasteiger partial charge in [-0.25, -0.2) is 0 Å². The first kappa shape index (κ1) is 8.78. The summed E-state index contributed by atoms with van der Waals surface area (Å²) in [6.07, 6.45) is 8.01. The fourth-order valence-corrected chi connectivity index (χ4v) is 3.73. The molecule has 0 N–H and O–H groups in total. The Kier molecular flexibility index (Phi) is 2.05. The van der Waals surface area contributed by atoms with E-state index >= 15 is 0 Å². The zero-order chi connectivity index (χ0) is 9.54. The Hall–Kier alpha value is -0.500. The Morgan fingerprint density at radius 3 is 2.43 bits per heavy atom. The molecule has 0 aromatic heterocycles. The predicted molar refractivity (Wildman–Crippen MR) is 53.7 cm³/mol. The summed E-state index contributed by atoms with van der Waals surface area (Å²) in [5, 5.41) is 0. The highest BCUT2D eigenvalue weighted by Crippen LogP contribution is 2.53. The van der Waals surface area contributed by atoms with Gasteiger partial charge < -0.3 is 9.47 Å². The van der Waals surface area contributed by atoms with Gasteiger partial charge >= 0.3 is 0 Å². The molecule has 3 rings (SSSR count). The normalized spacial score (nSPS) is 49.3. The second-order valence-electron chi connectivity index (χ2n) is 4.96. The molecule has 4 unspecified atom stereocenters. The zero-order valence-electron chi connectivity index (χ0n) is 8.52. The Balaban J connectivity index is 1.62. The van der Waals surface area contributed by atoms with Gasteiger partial charge in [-0.2, -0.15) is 0 Å². The van der Waals surface area contributed by atoms with Crippen LogP contribution in [0.15, 0.2) is 12.8 Å². The third kappa shape index (κ3) is 1.20. The molecule has 2 saturated heterocycles. The van der Waals surface area contributed by atoms with Crippen LogP contribution in [0.3, 0.4) is 0 Å². The molecule has 2 bridgehead atoms. The summed E-state index contributed by atoms with van der Waals surface area (Å²) in [6, 6.07) is 0. The molecule has 0 aromatic carbocycles. The monoisotopic (exact) mass is 194 g/mol. The maximum absolute atomic E-state index is 5.93. The summed E-state index contributed by atoms with van der Waals surface area (Å²) in [4.78, 5) is 0. The van der Waals surface area contributed by atoms with Crippen LogP contribution < -0.4 is 0 Å². The minimum atomic E-state index is 0.596. The lowest BCUT2D eigenvalue weighted by Gasteiger charge is -2.19. The van der Waals surface area contributed by atoms with Gasteiger partial charge in [0.25, 0.3) is 0 Å². The standard InChI is InChI=1S/C12H18O2/c1-2-13-7-8-5-9-10(6-8)12-4-3-11(9)14-12/h2,8-12H,1,3-7H2. The molecule has 2 nitrogen and oxygen atoms in total. The molecule has 14 heavy (non-hydrogen) atoms. The van der Waals surface area contributed by atoms with Gasteiger partial charge in [-0.15, -0.1) is 0 Å². The van der Waals surface area contributed by atoms with Crippen molar-refractivity contribution in [3.05, 3.63) is 12.8 Å². The lowest BCUT2D eigenvalue weighted by Crippen LogP contribution is -2.21. The van der Waals surface area contributed by atoms with Crippen LogP contribution in [0.25, 0.3) is 0 Å². The highest BCUT2D eigenvalue weighted by atomic mass is 16.5. The molecule has 3 aliphatic rings. The first-order valence-corrected chi connectivity index (χ1v) is 5.76. The second kappa shape index (κ2) is 3.27. The molecule has 0 radical (unpaired) electrons. The summed E-state index contributed by atoms with van der Waals surface area (Å²) < 4.78 is 11.2. The van der Waals surface area contributed by atoms with E-state index in [1.54, 1.807) is 6.26 Å². The Bertz CT molecular complexity index is 220. The second-order valence-corrected chi connectivity index (χ2v) is 4.96. The van der Waals surface area contributed by atoms with E-state index in [1.165, 1.54) is 25.7 Å². The molecule has 2 heteroatoms. The number of hydrogen-bond donors (Lipinski definition) is 0. The highest BCUT2D eigenvalue weighted by molar-refractivity contribution is 5.01. The summed E-state index contributed by atoms with van der Waals surface area (Å²) in [7, 11) is 0. The Labute approximate surface area is 85.3 Å². The molecule has 3 fully saturated rings. The molecule has 4 atom stereocenters. The van der Waals surface area contributed by atoms with E-state index in [0.717, 1.165) is 24.4 Å². The molecule has 0 spiro atoms. The minimum Gasteiger partial charge on any atom is -0.502 e. The van der Waals surface area contributed by atoms with E-state index in [-0.39, 0.29) is 0 Å². The van der Waals surface area contributed by atoms with Crippen LogP contribution in [0.4, 0.5) is 0 Å². The molecule has 2 aliphatic heterocycles. The minimum absolute atomic E-state index is 0.596. The first-order valence-electron chi connectivity index (χ1n) is 5.76. The Morgan fingerprint density at radius 1 is 1.21 bits per heavy atom. The molecular weight excluding hydrogens is 176 g/mol. The van der Waals surface area contributed by atoms with Crippen molar-refractivity contribution in [3.63, 3.8) is 0 Å². The van der Waals surface area contributed by atoms with Crippen LogP contribution >= 0.6 is 0 Å². The Morgan fingerprint density at radius 2 is 1.86 bits per heavy atom. The van der Waals surface area contributed by atoms with Crippen molar-refractivity contribution in [3.8, 4) is 0 Å². The first-order chi connectivity index (χ1) is 6.88. The lowest BCUT2D eigenvalue weighted by molar-refractivity contribution is 0.0709. The summed E-state index contributed by atoms with van der Waals surface area (Å²) in [5.74, 6) is 2.47. The fourth-order valence-electron chi connectivity index (χ4n) is 3.73. The summed E-state index contributed by atoms with van der Waals surface area (Å²) in [5.41, 5.74) is 0. The van der Waals surface area contributed by atoms with Crippen LogP contribution in [0.1, 0.15) is 25.7 Å². The van der Waals surface area contributed by atoms with Crippen molar-refractivity contribution in [1.29, 1.82) is 0 Å². The number of ether oxygens (including phenoxy) is 2. The van der Waals surface area contributed by atoms with E-state index in [2.05, 4.69) is 6.58 Å². The van der Waals surface area contributed by atoms with Gasteiger partial charge in [-0.3, -0.25) is 0 Å². The smallest absolute Gasteiger partial charge is 0.0901 e. The average Bonchev–Trinajstić information content (AvgIpc) is 2.85. The van der Waals surface area contributed by atoms with Crippen LogP contribution in [0.2, 0.25) is 0 Å². The van der Waals surface area contributed by atoms with Crippen LogP contribution in [-0.2, 0) is 9.47 Å². The van der Waals surface area contributed by atoms with Crippen molar-refractivity contribution in [1.82, 2.24) is 0 Å². The van der Waals surface area contributed by atoms with E-state index in [1.807, 2.05) is 0 Å². The lowest BCUT2D eigenvalue weighted by atomic mass is 9.82. The molecule has 78 valence electrons. The predicted octanol–water partition coefficient (Wildman–Crippen LogP) is 2.35. The van der Waals surface area contributed by atoms with Crippen molar-refractivity contribution < 1.29 is 9.47 Å². The SMILES string of the molecule is C=COCC1CC2C3CCC(O3)C2C1. The molecule has 0 aromatic rings. The molecule has 2 heterocycles. The van der Waals surface area contributed by atoms with Crippen molar-refractivity contribution >= 4 is 0 Å². The number of fused-ring (bicyclic) bond motifs is 5. The third-order valence-electron chi connectivity index (χ3n) is 4.25. The van der Waals surface area contributed by atoms with E-state index < -0.39 is 0 Å². The molecular formula is C12H18O2. The summed E-state index contributed by atoms with van der Waals surface area (Å²) in [6.45, 7) is 4.46. The quantitative estimate of drug-likeness (QED) is 0.642. The van der Waals surface area contributed by atoms with E-state index in [0.29, 0.717) is 12.2 Å². The summed E-state index contributed by atoms with van der Waals surface area (Å²) >= 11 is 0. The van der Waals surface area contributed by atoms with Gasteiger partial charge in [0.2, 0.25) is 0 Å². The van der Waals surface area contributed by atoms with Gasteiger partial charge in [0, 0.05) is 0 Å². The molecule has 1 aliphatic carbocycles. The average molecular weight is 194 g/mol. The van der Waals surface area contributed by atoms with Gasteiger partial charge in [-0.05, 0) is 43.4 Å². The van der Waals surface area contributed by atoms with Crippen molar-refractivity contribution in [2.75, 3.05) is 6.61 Å². The van der Waals surface area contributed by atoms with Gasteiger partial charge in [0.15, 0.2) is 0 Å². The van der Waals surface area contributed by atoms with Crippen LogP contribution in [-0.4, -0.2) is 18.8 Å². The van der Waals surface area contributed by atoms with Crippen molar-refractivity contribution in [2.45, 2.75) is 37.9 Å². The highest BCUT2D eigenvalue weighted by Gasteiger charge is 2.53. The van der Waals surface area contributed by atoms with Crippen LogP contribution in [0.5, 0.6) is 0 Å². The zero-order valence-corrected chi connectivity index (χ0v) is 8.52. The van der Waals surface area contributed by atoms with E-state index in [9.17, 15) is 0 Å². The van der Waals surface area contributed by atoms with E-state index in [4.69, 9.17) is 9.47 Å². The number of rotatable bonds is 3. The third-order valence-corrected chi connectivity index (χ3v) is 4.25. The topological polar surface area (TPSA) is 18.5 Å². The molecule has 0 amide bonds. The van der Waals surface area contributed by atoms with Gasteiger partial charge in [0.05, 0.1) is 25.1 Å². The fraction of sp³-hybridized carbons (Fsp3) is 0.833. The largest absolute Gasteiger partial charge is 0.502 e. The van der Waals surface area contributed by atoms with Crippen molar-refractivity contribution in [2.24, 2.45) is 17.8 Å². The number of hydrogen-bond acceptors (Lipinski definition) is 2.